The lowest BCUT2D eigenvalue weighted by atomic mass is 10.0. The van der Waals surface area contributed by atoms with Crippen molar-refractivity contribution >= 4 is 55.9 Å². The number of thioether (sulfide) groups is 1. The largest absolute Gasteiger partial charge is 0.506 e. The molecule has 7 nitrogen and oxygen atoms in total. The summed E-state index contributed by atoms with van der Waals surface area (Å²) in [6.45, 7) is 4.44. The molecule has 0 atom stereocenters. The van der Waals surface area contributed by atoms with Gasteiger partial charge >= 0.3 is 5.97 Å². The number of halogens is 1. The average molecular weight is 562 g/mol. The fraction of sp³-hybridized carbons (Fsp3) is 0.375. The van der Waals surface area contributed by atoms with Crippen LogP contribution < -0.4 is 0 Å². The Labute approximate surface area is 214 Å². The number of aromatic hydroxyl groups is 1. The molecule has 4 aromatic rings. The zero-order valence-electron chi connectivity index (χ0n) is 19.0. The van der Waals surface area contributed by atoms with Gasteiger partial charge in [0.15, 0.2) is 0 Å². The molecule has 1 saturated carbocycles. The van der Waals surface area contributed by atoms with Crippen molar-refractivity contribution < 1.29 is 14.6 Å². The predicted octanol–water partition coefficient (Wildman–Crippen LogP) is 6.06. The topological polar surface area (TPSA) is 82.2 Å². The number of benzene rings is 1. The Bertz CT molecular complexity index is 1340. The van der Waals surface area contributed by atoms with Crippen molar-refractivity contribution in [1.82, 2.24) is 19.1 Å². The first kappa shape index (κ1) is 23.4. The number of esters is 1. The normalized spacial score (nSPS) is 13.6. The van der Waals surface area contributed by atoms with Gasteiger partial charge < -0.3 is 19.0 Å². The number of carbonyl (C=O) groups is 1. The van der Waals surface area contributed by atoms with Crippen LogP contribution in [0.1, 0.15) is 58.9 Å². The Hall–Kier alpha value is -2.30. The number of carbonyl (C=O) groups excluding carboxylic acids is 1. The number of thiazole rings is 1. The standard InChI is InChI=1S/C24H25BrN4O3S2/c1-3-32-24(31)22-20(12-33-10-15-11-34-13-27-15)29(16-4-5-16)19-8-18(25)23(30)17(21(19)22)9-28-7-6-26-14(28)2/h6-8,11,13,16,30H,3-5,9-10,12H2,1-2H3. The molecule has 0 amide bonds. The highest BCUT2D eigenvalue weighted by molar-refractivity contribution is 9.10. The van der Waals surface area contributed by atoms with Gasteiger partial charge in [-0.1, -0.05) is 0 Å². The summed E-state index contributed by atoms with van der Waals surface area (Å²) in [5, 5.41) is 13.9. The molecule has 0 unspecified atom stereocenters. The van der Waals surface area contributed by atoms with E-state index >= 15 is 0 Å². The summed E-state index contributed by atoms with van der Waals surface area (Å²) in [6.07, 6.45) is 5.77. The van der Waals surface area contributed by atoms with Gasteiger partial charge in [-0.15, -0.1) is 23.1 Å². The van der Waals surface area contributed by atoms with E-state index in [0.717, 1.165) is 46.7 Å². The maximum Gasteiger partial charge on any atom is 0.340 e. The van der Waals surface area contributed by atoms with Crippen LogP contribution in [0, 0.1) is 6.92 Å². The van der Waals surface area contributed by atoms with Crippen LogP contribution in [-0.2, 0) is 22.8 Å². The van der Waals surface area contributed by atoms with E-state index in [1.807, 2.05) is 36.2 Å². The number of imidazole rings is 1. The first-order valence-electron chi connectivity index (χ1n) is 11.2. The lowest BCUT2D eigenvalue weighted by Crippen LogP contribution is -2.10. The second kappa shape index (κ2) is 9.75. The van der Waals surface area contributed by atoms with Gasteiger partial charge in [-0.2, -0.15) is 0 Å². The molecule has 0 radical (unpaired) electrons. The van der Waals surface area contributed by atoms with Crippen LogP contribution in [0.15, 0.2) is 33.8 Å². The summed E-state index contributed by atoms with van der Waals surface area (Å²) in [4.78, 5) is 22.1. The minimum atomic E-state index is -0.346. The fourth-order valence-electron chi connectivity index (χ4n) is 4.33. The van der Waals surface area contributed by atoms with E-state index in [-0.39, 0.29) is 11.7 Å². The first-order chi connectivity index (χ1) is 16.5. The number of aryl methyl sites for hydroxylation is 1. The zero-order chi connectivity index (χ0) is 23.8. The van der Waals surface area contributed by atoms with Gasteiger partial charge in [0.25, 0.3) is 0 Å². The summed E-state index contributed by atoms with van der Waals surface area (Å²) < 4.78 is 10.4. The van der Waals surface area contributed by atoms with Crippen LogP contribution in [0.5, 0.6) is 5.75 Å². The van der Waals surface area contributed by atoms with Gasteiger partial charge in [-0.05, 0) is 48.7 Å². The number of fused-ring (bicyclic) bond motifs is 1. The molecule has 5 rings (SSSR count). The number of nitrogens with zero attached hydrogens (tertiary/aromatic N) is 4. The summed E-state index contributed by atoms with van der Waals surface area (Å²) in [7, 11) is 0. The Morgan fingerprint density at radius 1 is 1.35 bits per heavy atom. The monoisotopic (exact) mass is 560 g/mol. The maximum absolute atomic E-state index is 13.4. The number of ether oxygens (including phenoxy) is 1. The van der Waals surface area contributed by atoms with E-state index in [1.165, 1.54) is 0 Å². The third-order valence-electron chi connectivity index (χ3n) is 6.04. The highest BCUT2D eigenvalue weighted by Gasteiger charge is 2.34. The smallest absolute Gasteiger partial charge is 0.340 e. The van der Waals surface area contributed by atoms with Crippen molar-refractivity contribution in [3.63, 3.8) is 0 Å². The van der Waals surface area contributed by atoms with Crippen LogP contribution in [0.4, 0.5) is 0 Å². The minimum Gasteiger partial charge on any atom is -0.506 e. The quantitative estimate of drug-likeness (QED) is 0.250. The molecule has 0 saturated heterocycles. The Kier molecular flexibility index (Phi) is 6.72. The van der Waals surface area contributed by atoms with Crippen molar-refractivity contribution in [3.05, 3.63) is 62.2 Å². The highest BCUT2D eigenvalue weighted by atomic mass is 79.9. The summed E-state index contributed by atoms with van der Waals surface area (Å²) in [5.74, 6) is 2.06. The van der Waals surface area contributed by atoms with Gasteiger partial charge in [0, 0.05) is 52.0 Å². The number of aromatic nitrogens is 4. The minimum absolute atomic E-state index is 0.140. The molecule has 1 N–H and O–H groups in total. The summed E-state index contributed by atoms with van der Waals surface area (Å²) in [6, 6.07) is 2.28. The number of rotatable bonds is 9. The Morgan fingerprint density at radius 2 is 2.18 bits per heavy atom. The molecular formula is C24H25BrN4O3S2. The number of hydrogen-bond acceptors (Lipinski definition) is 7. The molecule has 1 aliphatic carbocycles. The van der Waals surface area contributed by atoms with E-state index < -0.39 is 0 Å². The Morgan fingerprint density at radius 3 is 2.82 bits per heavy atom. The molecule has 1 fully saturated rings. The molecular weight excluding hydrogens is 536 g/mol. The van der Waals surface area contributed by atoms with Gasteiger partial charge in [0.2, 0.25) is 0 Å². The van der Waals surface area contributed by atoms with E-state index in [1.54, 1.807) is 29.3 Å². The van der Waals surface area contributed by atoms with Crippen LogP contribution in [0.3, 0.4) is 0 Å². The van der Waals surface area contributed by atoms with E-state index in [2.05, 4.69) is 35.8 Å². The van der Waals surface area contributed by atoms with Gasteiger partial charge in [0.1, 0.15) is 11.6 Å². The van der Waals surface area contributed by atoms with Crippen molar-refractivity contribution in [3.8, 4) is 5.75 Å². The molecule has 0 aliphatic heterocycles. The number of phenolic OH excluding ortho intramolecular Hbond substituents is 1. The average Bonchev–Trinajstić information content (AvgIpc) is 3.20. The van der Waals surface area contributed by atoms with Crippen LogP contribution in [0.2, 0.25) is 0 Å². The SMILES string of the molecule is CCOC(=O)c1c(CSCc2cscn2)n(C2CC2)c2cc(Br)c(O)c(Cn3ccnc3C)c12. The molecule has 0 spiro atoms. The number of phenols is 1. The highest BCUT2D eigenvalue weighted by Crippen LogP contribution is 2.47. The molecule has 1 aromatic carbocycles. The Balaban J connectivity index is 1.69. The van der Waals surface area contributed by atoms with E-state index in [0.29, 0.717) is 40.5 Å². The molecule has 1 aliphatic rings. The molecule has 0 bridgehead atoms. The first-order valence-corrected chi connectivity index (χ1v) is 14.0. The summed E-state index contributed by atoms with van der Waals surface area (Å²) in [5.41, 5.74) is 6.04. The molecule has 3 heterocycles. The van der Waals surface area contributed by atoms with Crippen molar-refractivity contribution in [2.75, 3.05) is 6.61 Å². The molecule has 3 aromatic heterocycles. The van der Waals surface area contributed by atoms with Gasteiger partial charge in [0.05, 0.1) is 39.9 Å². The van der Waals surface area contributed by atoms with E-state index in [9.17, 15) is 9.90 Å². The molecule has 10 heteroatoms. The molecule has 178 valence electrons. The van der Waals surface area contributed by atoms with Crippen LogP contribution in [-0.4, -0.2) is 36.8 Å². The van der Waals surface area contributed by atoms with Crippen LogP contribution >= 0.6 is 39.0 Å². The second-order valence-electron chi connectivity index (χ2n) is 8.30. The van der Waals surface area contributed by atoms with Gasteiger partial charge in [-0.3, -0.25) is 0 Å². The van der Waals surface area contributed by atoms with Gasteiger partial charge in [-0.25, -0.2) is 14.8 Å². The second-order valence-corrected chi connectivity index (χ2v) is 10.9. The number of hydrogen-bond donors (Lipinski definition) is 1. The zero-order valence-corrected chi connectivity index (χ0v) is 22.2. The van der Waals surface area contributed by atoms with Crippen LogP contribution in [0.25, 0.3) is 10.9 Å². The fourth-order valence-corrected chi connectivity index (χ4v) is 6.39. The van der Waals surface area contributed by atoms with Crippen molar-refractivity contribution in [1.29, 1.82) is 0 Å². The predicted molar refractivity (Wildman–Crippen MR) is 139 cm³/mol. The maximum atomic E-state index is 13.4. The lowest BCUT2D eigenvalue weighted by molar-refractivity contribution is 0.0527. The molecule has 34 heavy (non-hydrogen) atoms. The third-order valence-corrected chi connectivity index (χ3v) is 8.26. The lowest BCUT2D eigenvalue weighted by Gasteiger charge is -2.13. The van der Waals surface area contributed by atoms with Crippen molar-refractivity contribution in [2.24, 2.45) is 0 Å². The van der Waals surface area contributed by atoms with E-state index in [4.69, 9.17) is 4.74 Å². The third kappa shape index (κ3) is 4.38. The summed E-state index contributed by atoms with van der Waals surface area (Å²) >= 11 is 6.88. The van der Waals surface area contributed by atoms with Crippen molar-refractivity contribution in [2.45, 2.75) is 50.8 Å².